The molecule has 0 unspecified atom stereocenters. The predicted octanol–water partition coefficient (Wildman–Crippen LogP) is 3.76. The summed E-state index contributed by atoms with van der Waals surface area (Å²) in [5.41, 5.74) is 4.33. The van der Waals surface area contributed by atoms with Crippen LogP contribution in [0.5, 0.6) is 0 Å². The fraction of sp³-hybridized carbons (Fsp3) is 0.381. The maximum atomic E-state index is 13.1. The zero-order valence-corrected chi connectivity index (χ0v) is 17.1. The maximum Gasteiger partial charge on any atom is 0.255 e. The molecule has 7 heteroatoms. The summed E-state index contributed by atoms with van der Waals surface area (Å²) < 4.78 is 5.25. The number of halogens is 1. The molecule has 1 aromatic carbocycles. The van der Waals surface area contributed by atoms with E-state index in [0.29, 0.717) is 23.7 Å². The van der Waals surface area contributed by atoms with Crippen molar-refractivity contribution in [2.75, 3.05) is 26.2 Å². The highest BCUT2D eigenvalue weighted by Gasteiger charge is 2.25. The van der Waals surface area contributed by atoms with Gasteiger partial charge in [-0.2, -0.15) is 0 Å². The van der Waals surface area contributed by atoms with Crippen LogP contribution in [0.2, 0.25) is 5.02 Å². The fourth-order valence-corrected chi connectivity index (χ4v) is 3.87. The maximum absolute atomic E-state index is 13.1. The Bertz CT molecular complexity index is 1020. The van der Waals surface area contributed by atoms with Gasteiger partial charge < -0.3 is 9.42 Å². The average Bonchev–Trinajstić information content (AvgIpc) is 3.00. The number of pyridine rings is 1. The summed E-state index contributed by atoms with van der Waals surface area (Å²) in [5.74, 6) is 0.899. The van der Waals surface area contributed by atoms with Gasteiger partial charge in [0.2, 0.25) is 0 Å². The molecule has 4 rings (SSSR count). The molecule has 1 fully saturated rings. The van der Waals surface area contributed by atoms with Gasteiger partial charge in [-0.1, -0.05) is 16.8 Å². The number of aryl methyl sites for hydroxylation is 3. The SMILES string of the molecule is Cc1nc2ccc(Cl)cc2cc1C(=O)N1CCN(Cc2c(C)noc2C)CC1. The first-order chi connectivity index (χ1) is 13.4. The number of rotatable bonds is 3. The van der Waals surface area contributed by atoms with Crippen LogP contribution < -0.4 is 0 Å². The predicted molar refractivity (Wildman–Crippen MR) is 109 cm³/mol. The van der Waals surface area contributed by atoms with Crippen molar-refractivity contribution < 1.29 is 9.32 Å². The molecule has 146 valence electrons. The van der Waals surface area contributed by atoms with Gasteiger partial charge in [-0.25, -0.2) is 0 Å². The average molecular weight is 399 g/mol. The van der Waals surface area contributed by atoms with E-state index in [-0.39, 0.29) is 5.91 Å². The third kappa shape index (κ3) is 3.62. The Balaban J connectivity index is 1.47. The summed E-state index contributed by atoms with van der Waals surface area (Å²) >= 11 is 6.10. The van der Waals surface area contributed by atoms with Crippen LogP contribution >= 0.6 is 11.6 Å². The largest absolute Gasteiger partial charge is 0.361 e. The molecule has 0 aliphatic carbocycles. The molecule has 0 saturated carbocycles. The number of hydrogen-bond donors (Lipinski definition) is 0. The Morgan fingerprint density at radius 3 is 2.54 bits per heavy atom. The second-order valence-electron chi connectivity index (χ2n) is 7.33. The summed E-state index contributed by atoms with van der Waals surface area (Å²) in [4.78, 5) is 21.9. The molecule has 3 heterocycles. The Kier molecular flexibility index (Phi) is 5.08. The zero-order valence-electron chi connectivity index (χ0n) is 16.3. The third-order valence-corrected chi connectivity index (χ3v) is 5.66. The minimum absolute atomic E-state index is 0.0314. The lowest BCUT2D eigenvalue weighted by atomic mass is 10.1. The van der Waals surface area contributed by atoms with Gasteiger partial charge in [0.1, 0.15) is 5.76 Å². The van der Waals surface area contributed by atoms with E-state index in [4.69, 9.17) is 16.1 Å². The first kappa shape index (κ1) is 18.9. The summed E-state index contributed by atoms with van der Waals surface area (Å²) in [6, 6.07) is 7.45. The molecule has 1 amide bonds. The van der Waals surface area contributed by atoms with E-state index in [0.717, 1.165) is 53.2 Å². The topological polar surface area (TPSA) is 62.5 Å². The molecule has 1 saturated heterocycles. The minimum Gasteiger partial charge on any atom is -0.361 e. The molecule has 28 heavy (non-hydrogen) atoms. The van der Waals surface area contributed by atoms with E-state index in [1.54, 1.807) is 0 Å². The van der Waals surface area contributed by atoms with Gasteiger partial charge in [0.15, 0.2) is 0 Å². The highest BCUT2D eigenvalue weighted by molar-refractivity contribution is 6.31. The first-order valence-electron chi connectivity index (χ1n) is 9.42. The molecular weight excluding hydrogens is 376 g/mol. The van der Waals surface area contributed by atoms with E-state index >= 15 is 0 Å². The van der Waals surface area contributed by atoms with E-state index in [1.807, 2.05) is 49.9 Å². The van der Waals surface area contributed by atoms with Crippen LogP contribution in [0.1, 0.15) is 33.1 Å². The molecule has 0 radical (unpaired) electrons. The molecule has 6 nitrogen and oxygen atoms in total. The molecule has 3 aromatic rings. The van der Waals surface area contributed by atoms with Crippen LogP contribution in [0.4, 0.5) is 0 Å². The van der Waals surface area contributed by atoms with E-state index in [9.17, 15) is 4.79 Å². The van der Waals surface area contributed by atoms with Crippen molar-refractivity contribution in [1.82, 2.24) is 19.9 Å². The summed E-state index contributed by atoms with van der Waals surface area (Å²) in [6.45, 7) is 9.62. The molecule has 0 bridgehead atoms. The van der Waals surface area contributed by atoms with E-state index in [2.05, 4.69) is 15.0 Å². The van der Waals surface area contributed by atoms with Crippen LogP contribution in [0.25, 0.3) is 10.9 Å². The normalized spacial score (nSPS) is 15.4. The molecular formula is C21H23ClN4O2. The van der Waals surface area contributed by atoms with Gasteiger partial charge >= 0.3 is 0 Å². The number of hydrogen-bond acceptors (Lipinski definition) is 5. The lowest BCUT2D eigenvalue weighted by Gasteiger charge is -2.35. The number of carbonyl (C=O) groups is 1. The number of carbonyl (C=O) groups excluding carboxylic acids is 1. The smallest absolute Gasteiger partial charge is 0.255 e. The molecule has 0 spiro atoms. The Morgan fingerprint density at radius 1 is 1.11 bits per heavy atom. The van der Waals surface area contributed by atoms with Crippen LogP contribution in [0.3, 0.4) is 0 Å². The molecule has 1 aliphatic rings. The van der Waals surface area contributed by atoms with Gasteiger partial charge in [0.25, 0.3) is 5.91 Å². The molecule has 0 atom stereocenters. The van der Waals surface area contributed by atoms with Crippen molar-refractivity contribution in [3.63, 3.8) is 0 Å². The van der Waals surface area contributed by atoms with Crippen LogP contribution in [0, 0.1) is 20.8 Å². The van der Waals surface area contributed by atoms with Gasteiger partial charge in [-0.15, -0.1) is 0 Å². The van der Waals surface area contributed by atoms with Crippen molar-refractivity contribution in [3.05, 3.63) is 57.6 Å². The zero-order chi connectivity index (χ0) is 19.8. The number of aromatic nitrogens is 2. The highest BCUT2D eigenvalue weighted by atomic mass is 35.5. The van der Waals surface area contributed by atoms with Gasteiger partial charge in [-0.3, -0.25) is 14.7 Å². The standard InChI is InChI=1S/C21H23ClN4O2/c1-13-18(11-16-10-17(22)4-5-20(16)23-13)21(27)26-8-6-25(7-9-26)12-19-14(2)24-28-15(19)3/h4-5,10-11H,6-9,12H2,1-3H3. The number of benzene rings is 1. The second-order valence-corrected chi connectivity index (χ2v) is 7.77. The van der Waals surface area contributed by atoms with Gasteiger partial charge in [0, 0.05) is 48.7 Å². The van der Waals surface area contributed by atoms with Crippen LogP contribution in [-0.2, 0) is 6.54 Å². The molecule has 0 N–H and O–H groups in total. The monoisotopic (exact) mass is 398 g/mol. The van der Waals surface area contributed by atoms with Crippen LogP contribution in [0.15, 0.2) is 28.8 Å². The molecule has 1 aliphatic heterocycles. The van der Waals surface area contributed by atoms with Crippen molar-refractivity contribution in [2.24, 2.45) is 0 Å². The lowest BCUT2D eigenvalue weighted by Crippen LogP contribution is -2.48. The number of fused-ring (bicyclic) bond motifs is 1. The van der Waals surface area contributed by atoms with E-state index in [1.165, 1.54) is 0 Å². The Hall–Kier alpha value is -2.44. The second kappa shape index (κ2) is 7.53. The van der Waals surface area contributed by atoms with Crippen molar-refractivity contribution >= 4 is 28.4 Å². The minimum atomic E-state index is 0.0314. The fourth-order valence-electron chi connectivity index (χ4n) is 3.69. The van der Waals surface area contributed by atoms with Crippen molar-refractivity contribution in [1.29, 1.82) is 0 Å². The highest BCUT2D eigenvalue weighted by Crippen LogP contribution is 2.22. The van der Waals surface area contributed by atoms with E-state index < -0.39 is 0 Å². The summed E-state index contributed by atoms with van der Waals surface area (Å²) in [5, 5.41) is 5.55. The molecule has 2 aromatic heterocycles. The van der Waals surface area contributed by atoms with Gasteiger partial charge in [-0.05, 0) is 45.0 Å². The van der Waals surface area contributed by atoms with Gasteiger partial charge in [0.05, 0.1) is 22.5 Å². The van der Waals surface area contributed by atoms with Crippen molar-refractivity contribution in [2.45, 2.75) is 27.3 Å². The Labute approximate surface area is 169 Å². The van der Waals surface area contributed by atoms with Crippen LogP contribution in [-0.4, -0.2) is 52.0 Å². The quantitative estimate of drug-likeness (QED) is 0.672. The Morgan fingerprint density at radius 2 is 1.86 bits per heavy atom. The number of amides is 1. The van der Waals surface area contributed by atoms with Crippen molar-refractivity contribution in [3.8, 4) is 0 Å². The first-order valence-corrected chi connectivity index (χ1v) is 9.80. The number of nitrogens with zero attached hydrogens (tertiary/aromatic N) is 4. The summed E-state index contributed by atoms with van der Waals surface area (Å²) in [7, 11) is 0. The summed E-state index contributed by atoms with van der Waals surface area (Å²) in [6.07, 6.45) is 0. The number of piperazine rings is 1. The third-order valence-electron chi connectivity index (χ3n) is 5.42. The lowest BCUT2D eigenvalue weighted by molar-refractivity contribution is 0.0626.